The molecule has 2 aromatic carbocycles. The van der Waals surface area contributed by atoms with Crippen LogP contribution in [0.5, 0.6) is 5.75 Å². The number of hydrogen-bond acceptors (Lipinski definition) is 6. The van der Waals surface area contributed by atoms with Gasteiger partial charge in [0.25, 0.3) is 5.69 Å². The van der Waals surface area contributed by atoms with E-state index in [0.29, 0.717) is 48.2 Å². The molecule has 1 aliphatic rings. The fourth-order valence-corrected chi connectivity index (χ4v) is 5.11. The van der Waals surface area contributed by atoms with Gasteiger partial charge in [-0.25, -0.2) is 9.78 Å². The van der Waals surface area contributed by atoms with Crippen LogP contribution in [0.25, 0.3) is 11.3 Å². The summed E-state index contributed by atoms with van der Waals surface area (Å²) < 4.78 is 5.72. The number of hydrogen-bond donors (Lipinski definition) is 3. The molecule has 40 heavy (non-hydrogen) atoms. The third kappa shape index (κ3) is 7.68. The van der Waals surface area contributed by atoms with Gasteiger partial charge in [-0.3, -0.25) is 14.9 Å². The summed E-state index contributed by atoms with van der Waals surface area (Å²) in [6.07, 6.45) is 9.71. The van der Waals surface area contributed by atoms with E-state index in [1.165, 1.54) is 18.6 Å². The monoisotopic (exact) mass is 548 g/mol. The summed E-state index contributed by atoms with van der Waals surface area (Å²) >= 11 is 0. The Morgan fingerprint density at radius 2 is 1.93 bits per heavy atom. The summed E-state index contributed by atoms with van der Waals surface area (Å²) in [6.45, 7) is 2.46. The molecule has 3 aromatic rings. The molecule has 3 N–H and O–H groups in total. The summed E-state index contributed by atoms with van der Waals surface area (Å²) in [5.41, 5.74) is 2.12. The predicted molar refractivity (Wildman–Crippen MR) is 150 cm³/mol. The van der Waals surface area contributed by atoms with Gasteiger partial charge in [0, 0.05) is 30.5 Å². The number of ether oxygens (including phenoxy) is 1. The van der Waals surface area contributed by atoms with Crippen molar-refractivity contribution in [3.8, 4) is 17.0 Å². The number of carboxylic acid groups (broad SMARTS) is 1. The molecule has 1 aliphatic carbocycles. The first-order valence-corrected chi connectivity index (χ1v) is 13.9. The fourth-order valence-electron chi connectivity index (χ4n) is 5.11. The van der Waals surface area contributed by atoms with E-state index in [0.717, 1.165) is 44.1 Å². The molecule has 0 saturated heterocycles. The zero-order chi connectivity index (χ0) is 28.5. The van der Waals surface area contributed by atoms with E-state index >= 15 is 0 Å². The predicted octanol–water partition coefficient (Wildman–Crippen LogP) is 6.23. The number of carbonyl (C=O) groups is 2. The molecule has 0 aliphatic heterocycles. The van der Waals surface area contributed by atoms with E-state index in [2.05, 4.69) is 15.3 Å². The number of carboxylic acids is 1. The number of nitrogens with one attached hydrogen (secondary N) is 2. The number of rotatable bonds is 13. The number of H-pyrrole nitrogens is 1. The Bertz CT molecular complexity index is 1310. The van der Waals surface area contributed by atoms with E-state index in [1.54, 1.807) is 36.5 Å². The number of unbranched alkanes of at least 4 members (excludes halogenated alkanes) is 1. The zero-order valence-electron chi connectivity index (χ0n) is 22.7. The quantitative estimate of drug-likeness (QED) is 0.130. The third-order valence-corrected chi connectivity index (χ3v) is 7.34. The molecule has 0 radical (unpaired) electrons. The first kappa shape index (κ1) is 28.8. The van der Waals surface area contributed by atoms with Crippen LogP contribution in [0.3, 0.4) is 0 Å². The van der Waals surface area contributed by atoms with Crippen molar-refractivity contribution in [3.05, 3.63) is 75.7 Å². The number of imidazole rings is 1. The maximum atomic E-state index is 13.1. The molecule has 1 saturated carbocycles. The molecular formula is C30H36N4O6. The molecule has 1 unspecified atom stereocenters. The smallest absolute Gasteiger partial charge is 0.339 e. The lowest BCUT2D eigenvalue weighted by atomic mass is 9.86. The maximum Gasteiger partial charge on any atom is 0.339 e. The Hall–Kier alpha value is -4.21. The molecule has 1 aromatic heterocycles. The van der Waals surface area contributed by atoms with Crippen LogP contribution in [0.4, 0.5) is 5.69 Å². The van der Waals surface area contributed by atoms with Gasteiger partial charge in [0.15, 0.2) is 0 Å². The number of aromatic amines is 1. The fraction of sp³-hybridized carbons (Fsp3) is 0.433. The van der Waals surface area contributed by atoms with Gasteiger partial charge in [0.2, 0.25) is 5.91 Å². The average Bonchev–Trinajstić information content (AvgIpc) is 3.42. The van der Waals surface area contributed by atoms with E-state index < -0.39 is 16.9 Å². The van der Waals surface area contributed by atoms with Gasteiger partial charge in [0.05, 0.1) is 29.5 Å². The number of nitrogens with zero attached hydrogens (tertiary/aromatic N) is 2. The van der Waals surface area contributed by atoms with E-state index in [9.17, 15) is 24.8 Å². The van der Waals surface area contributed by atoms with E-state index in [1.807, 2.05) is 6.92 Å². The van der Waals surface area contributed by atoms with Gasteiger partial charge in [-0.1, -0.05) is 38.7 Å². The minimum absolute atomic E-state index is 0.000543. The lowest BCUT2D eigenvalue weighted by Gasteiger charge is -2.24. The Labute approximate surface area is 233 Å². The zero-order valence-corrected chi connectivity index (χ0v) is 22.7. The Balaban J connectivity index is 1.57. The molecule has 0 spiro atoms. The lowest BCUT2D eigenvalue weighted by Crippen LogP contribution is -2.32. The largest absolute Gasteiger partial charge is 0.493 e. The molecule has 10 heteroatoms. The molecule has 1 atom stereocenters. The number of aromatic nitrogens is 2. The molecule has 1 amide bonds. The van der Waals surface area contributed by atoms with Crippen molar-refractivity contribution in [2.45, 2.75) is 70.8 Å². The van der Waals surface area contributed by atoms with Gasteiger partial charge in [0.1, 0.15) is 17.1 Å². The SMILES string of the molecule is CCCCOc1ccc(C(Cc2ncc(-c3ccc([N+](=O)[O-])cc3)[nH]2)NC(=O)CC2CCCCC2)cc1C(=O)O. The number of nitro benzene ring substituents is 1. The summed E-state index contributed by atoms with van der Waals surface area (Å²) in [5.74, 6) is 0.0841. The Morgan fingerprint density at radius 1 is 1.18 bits per heavy atom. The number of amides is 1. The highest BCUT2D eigenvalue weighted by Gasteiger charge is 2.23. The van der Waals surface area contributed by atoms with Crippen molar-refractivity contribution in [3.63, 3.8) is 0 Å². The number of non-ortho nitro benzene ring substituents is 1. The minimum atomic E-state index is -1.10. The van der Waals surface area contributed by atoms with Gasteiger partial charge in [-0.05, 0) is 55.0 Å². The highest BCUT2D eigenvalue weighted by molar-refractivity contribution is 5.91. The van der Waals surface area contributed by atoms with E-state index in [-0.39, 0.29) is 17.2 Å². The van der Waals surface area contributed by atoms with Gasteiger partial charge >= 0.3 is 5.97 Å². The Kier molecular flexibility index (Phi) is 9.88. The summed E-state index contributed by atoms with van der Waals surface area (Å²) in [7, 11) is 0. The van der Waals surface area contributed by atoms with Crippen molar-refractivity contribution >= 4 is 17.6 Å². The molecule has 0 bridgehead atoms. The lowest BCUT2D eigenvalue weighted by molar-refractivity contribution is -0.384. The Morgan fingerprint density at radius 3 is 2.60 bits per heavy atom. The number of carbonyl (C=O) groups excluding carboxylic acids is 1. The second-order valence-corrected chi connectivity index (χ2v) is 10.3. The molecular weight excluding hydrogens is 512 g/mol. The number of nitro groups is 1. The van der Waals surface area contributed by atoms with Crippen molar-refractivity contribution in [2.24, 2.45) is 5.92 Å². The van der Waals surface area contributed by atoms with E-state index in [4.69, 9.17) is 4.74 Å². The van der Waals surface area contributed by atoms with Gasteiger partial charge in [-0.15, -0.1) is 0 Å². The first-order chi connectivity index (χ1) is 19.3. The van der Waals surface area contributed by atoms with Crippen LogP contribution >= 0.6 is 0 Å². The molecule has 1 heterocycles. The number of benzene rings is 2. The summed E-state index contributed by atoms with van der Waals surface area (Å²) in [4.78, 5) is 43.4. The number of aromatic carboxylic acids is 1. The highest BCUT2D eigenvalue weighted by Crippen LogP contribution is 2.29. The van der Waals surface area contributed by atoms with Gasteiger partial charge < -0.3 is 20.1 Å². The molecule has 1 fully saturated rings. The average molecular weight is 549 g/mol. The van der Waals surface area contributed by atoms with Crippen molar-refractivity contribution in [1.82, 2.24) is 15.3 Å². The second kappa shape index (κ2) is 13.7. The van der Waals surface area contributed by atoms with Crippen LogP contribution in [0, 0.1) is 16.0 Å². The van der Waals surface area contributed by atoms with Crippen LogP contribution in [-0.2, 0) is 11.2 Å². The van der Waals surface area contributed by atoms with Crippen molar-refractivity contribution in [1.29, 1.82) is 0 Å². The third-order valence-electron chi connectivity index (χ3n) is 7.34. The maximum absolute atomic E-state index is 13.1. The van der Waals surface area contributed by atoms with Crippen LogP contribution in [0.2, 0.25) is 0 Å². The topological polar surface area (TPSA) is 147 Å². The van der Waals surface area contributed by atoms with Crippen LogP contribution in [0.15, 0.2) is 48.7 Å². The standard InChI is InChI=1S/C30H36N4O6/c1-2-3-15-40-27-14-11-22(17-24(27)30(36)37)25(33-29(35)16-20-7-5-4-6-8-20)18-28-31-19-26(32-28)21-9-12-23(13-10-21)34(38)39/h9-14,17,19-20,25H,2-8,15-16,18H2,1H3,(H,31,32)(H,33,35)(H,36,37). The first-order valence-electron chi connectivity index (χ1n) is 13.9. The molecule has 212 valence electrons. The van der Waals surface area contributed by atoms with Crippen LogP contribution in [0.1, 0.15) is 86.1 Å². The van der Waals surface area contributed by atoms with Crippen molar-refractivity contribution < 1.29 is 24.4 Å². The normalized spacial score (nSPS) is 14.4. The van der Waals surface area contributed by atoms with Crippen molar-refractivity contribution in [2.75, 3.05) is 6.61 Å². The second-order valence-electron chi connectivity index (χ2n) is 10.3. The summed E-state index contributed by atoms with van der Waals surface area (Å²) in [5, 5.41) is 24.0. The minimum Gasteiger partial charge on any atom is -0.493 e. The van der Waals surface area contributed by atoms with Crippen LogP contribution < -0.4 is 10.1 Å². The summed E-state index contributed by atoms with van der Waals surface area (Å²) in [6, 6.07) is 10.6. The molecule has 4 rings (SSSR count). The highest BCUT2D eigenvalue weighted by atomic mass is 16.6. The van der Waals surface area contributed by atoms with Crippen LogP contribution in [-0.4, -0.2) is 38.5 Å². The van der Waals surface area contributed by atoms with Gasteiger partial charge in [-0.2, -0.15) is 0 Å². The molecule has 10 nitrogen and oxygen atoms in total.